The van der Waals surface area contributed by atoms with E-state index in [-0.39, 0.29) is 30.1 Å². The molecule has 0 aromatic rings. The molecule has 6 nitrogen and oxygen atoms in total. The van der Waals surface area contributed by atoms with Crippen molar-refractivity contribution in [3.05, 3.63) is 0 Å². The van der Waals surface area contributed by atoms with Crippen molar-refractivity contribution >= 4 is 17.7 Å². The SMILES string of the molecule is CC(C)C(N)C(=O)NC1CCC(=O)N(C)C1=O. The molecule has 6 heteroatoms. The quantitative estimate of drug-likeness (QED) is 0.635. The Hall–Kier alpha value is -1.43. The van der Waals surface area contributed by atoms with E-state index in [0.29, 0.717) is 6.42 Å². The summed E-state index contributed by atoms with van der Waals surface area (Å²) in [6.07, 6.45) is 0.614. The Kier molecular flexibility index (Phi) is 4.22. The van der Waals surface area contributed by atoms with E-state index in [1.165, 1.54) is 7.05 Å². The smallest absolute Gasteiger partial charge is 0.251 e. The van der Waals surface area contributed by atoms with E-state index in [9.17, 15) is 14.4 Å². The molecule has 2 unspecified atom stereocenters. The van der Waals surface area contributed by atoms with Crippen molar-refractivity contribution in [3.63, 3.8) is 0 Å². The largest absolute Gasteiger partial charge is 0.343 e. The third-order valence-corrected chi connectivity index (χ3v) is 2.99. The molecule has 1 heterocycles. The first kappa shape index (κ1) is 13.6. The van der Waals surface area contributed by atoms with E-state index in [1.54, 1.807) is 0 Å². The van der Waals surface area contributed by atoms with Gasteiger partial charge in [-0.2, -0.15) is 0 Å². The Morgan fingerprint density at radius 1 is 1.47 bits per heavy atom. The highest BCUT2D eigenvalue weighted by atomic mass is 16.2. The summed E-state index contributed by atoms with van der Waals surface area (Å²) in [6.45, 7) is 3.67. The molecule has 1 saturated heterocycles. The van der Waals surface area contributed by atoms with Crippen LogP contribution in [0.1, 0.15) is 26.7 Å². The molecule has 3 amide bonds. The molecule has 0 bridgehead atoms. The predicted molar refractivity (Wildman–Crippen MR) is 61.8 cm³/mol. The average molecular weight is 241 g/mol. The lowest BCUT2D eigenvalue weighted by molar-refractivity contribution is -0.149. The molecule has 17 heavy (non-hydrogen) atoms. The minimum atomic E-state index is -0.634. The van der Waals surface area contributed by atoms with E-state index >= 15 is 0 Å². The summed E-state index contributed by atoms with van der Waals surface area (Å²) in [5.41, 5.74) is 5.68. The van der Waals surface area contributed by atoms with Gasteiger partial charge >= 0.3 is 0 Å². The van der Waals surface area contributed by atoms with Crippen LogP contribution < -0.4 is 11.1 Å². The molecule has 0 saturated carbocycles. The monoisotopic (exact) mass is 241 g/mol. The van der Waals surface area contributed by atoms with Crippen LogP contribution in [-0.4, -0.2) is 41.8 Å². The summed E-state index contributed by atoms with van der Waals surface area (Å²) in [6, 6.07) is -1.26. The number of rotatable bonds is 3. The fourth-order valence-electron chi connectivity index (χ4n) is 1.62. The zero-order valence-electron chi connectivity index (χ0n) is 10.4. The topological polar surface area (TPSA) is 92.5 Å². The van der Waals surface area contributed by atoms with Crippen LogP contribution in [0.4, 0.5) is 0 Å². The van der Waals surface area contributed by atoms with Crippen LogP contribution >= 0.6 is 0 Å². The molecule has 1 rings (SSSR count). The van der Waals surface area contributed by atoms with Crippen molar-refractivity contribution in [2.45, 2.75) is 38.8 Å². The maximum absolute atomic E-state index is 11.7. The second kappa shape index (κ2) is 5.27. The van der Waals surface area contributed by atoms with Crippen molar-refractivity contribution in [2.24, 2.45) is 11.7 Å². The minimum absolute atomic E-state index is 0.00746. The van der Waals surface area contributed by atoms with Gasteiger partial charge in [0, 0.05) is 13.5 Å². The number of hydrogen-bond donors (Lipinski definition) is 2. The van der Waals surface area contributed by atoms with Crippen LogP contribution in [0.25, 0.3) is 0 Å². The van der Waals surface area contributed by atoms with Crippen LogP contribution in [0, 0.1) is 5.92 Å². The molecule has 2 atom stereocenters. The van der Waals surface area contributed by atoms with Gasteiger partial charge in [0.2, 0.25) is 11.8 Å². The number of nitrogens with zero attached hydrogens (tertiary/aromatic N) is 1. The predicted octanol–water partition coefficient (Wildman–Crippen LogP) is -0.767. The minimum Gasteiger partial charge on any atom is -0.343 e. The lowest BCUT2D eigenvalue weighted by Gasteiger charge is -2.29. The molecule has 1 aliphatic heterocycles. The number of carbonyl (C=O) groups is 3. The Morgan fingerprint density at radius 2 is 2.06 bits per heavy atom. The summed E-state index contributed by atoms with van der Waals surface area (Å²) in [4.78, 5) is 35.7. The Labute approximate surface area is 101 Å². The summed E-state index contributed by atoms with van der Waals surface area (Å²) < 4.78 is 0. The number of nitrogens with two attached hydrogens (primary N) is 1. The van der Waals surface area contributed by atoms with E-state index < -0.39 is 12.1 Å². The Bertz CT molecular complexity index is 341. The standard InChI is InChI=1S/C11H19N3O3/c1-6(2)9(12)10(16)13-7-4-5-8(15)14(3)11(7)17/h6-7,9H,4-5,12H2,1-3H3,(H,13,16). The van der Waals surface area contributed by atoms with Crippen molar-refractivity contribution in [1.29, 1.82) is 0 Å². The lowest BCUT2D eigenvalue weighted by Crippen LogP contribution is -2.56. The molecular formula is C11H19N3O3. The fourth-order valence-corrected chi connectivity index (χ4v) is 1.62. The molecule has 1 fully saturated rings. The van der Waals surface area contributed by atoms with Crippen molar-refractivity contribution < 1.29 is 14.4 Å². The fraction of sp³-hybridized carbons (Fsp3) is 0.727. The number of likely N-dealkylation sites (tertiary alicyclic amines) is 1. The van der Waals surface area contributed by atoms with Crippen LogP contribution in [-0.2, 0) is 14.4 Å². The van der Waals surface area contributed by atoms with Gasteiger partial charge in [0.1, 0.15) is 6.04 Å². The summed E-state index contributed by atoms with van der Waals surface area (Å²) in [5, 5.41) is 2.59. The first-order valence-electron chi connectivity index (χ1n) is 5.71. The van der Waals surface area contributed by atoms with Gasteiger partial charge in [-0.05, 0) is 12.3 Å². The zero-order chi connectivity index (χ0) is 13.2. The molecular weight excluding hydrogens is 222 g/mol. The van der Waals surface area contributed by atoms with Gasteiger partial charge in [-0.1, -0.05) is 13.8 Å². The average Bonchev–Trinajstić information content (AvgIpc) is 2.28. The molecule has 0 aromatic heterocycles. The van der Waals surface area contributed by atoms with E-state index in [0.717, 1.165) is 4.90 Å². The number of likely N-dealkylation sites (N-methyl/N-ethyl adjacent to an activating group) is 1. The molecule has 0 aromatic carbocycles. The highest BCUT2D eigenvalue weighted by molar-refractivity contribution is 6.01. The van der Waals surface area contributed by atoms with Gasteiger partial charge in [-0.25, -0.2) is 0 Å². The lowest BCUT2D eigenvalue weighted by atomic mass is 10.0. The van der Waals surface area contributed by atoms with E-state index in [1.807, 2.05) is 13.8 Å². The van der Waals surface area contributed by atoms with E-state index in [4.69, 9.17) is 5.73 Å². The molecule has 0 radical (unpaired) electrons. The first-order chi connectivity index (χ1) is 7.84. The highest BCUT2D eigenvalue weighted by Crippen LogP contribution is 2.12. The maximum Gasteiger partial charge on any atom is 0.251 e. The molecule has 1 aliphatic rings. The third kappa shape index (κ3) is 3.03. The van der Waals surface area contributed by atoms with Crippen LogP contribution in [0.15, 0.2) is 0 Å². The maximum atomic E-state index is 11.7. The number of amides is 3. The Balaban J connectivity index is 2.61. The number of imide groups is 1. The summed E-state index contributed by atoms with van der Waals surface area (Å²) in [7, 11) is 1.42. The van der Waals surface area contributed by atoms with E-state index in [2.05, 4.69) is 5.32 Å². The number of hydrogen-bond acceptors (Lipinski definition) is 4. The highest BCUT2D eigenvalue weighted by Gasteiger charge is 2.33. The number of carbonyl (C=O) groups excluding carboxylic acids is 3. The zero-order valence-corrected chi connectivity index (χ0v) is 10.4. The van der Waals surface area contributed by atoms with Gasteiger partial charge in [0.15, 0.2) is 0 Å². The van der Waals surface area contributed by atoms with Crippen molar-refractivity contribution in [3.8, 4) is 0 Å². The van der Waals surface area contributed by atoms with Crippen molar-refractivity contribution in [2.75, 3.05) is 7.05 Å². The molecule has 96 valence electrons. The molecule has 0 aliphatic carbocycles. The molecule has 3 N–H and O–H groups in total. The van der Waals surface area contributed by atoms with Gasteiger partial charge < -0.3 is 11.1 Å². The molecule has 0 spiro atoms. The second-order valence-corrected chi connectivity index (χ2v) is 4.66. The van der Waals surface area contributed by atoms with Gasteiger partial charge in [-0.15, -0.1) is 0 Å². The summed E-state index contributed by atoms with van der Waals surface area (Å²) >= 11 is 0. The number of piperidine rings is 1. The van der Waals surface area contributed by atoms with Crippen molar-refractivity contribution in [1.82, 2.24) is 10.2 Å². The summed E-state index contributed by atoms with van der Waals surface area (Å²) in [5.74, 6) is -0.923. The van der Waals surface area contributed by atoms with Crippen LogP contribution in [0.5, 0.6) is 0 Å². The van der Waals surface area contributed by atoms with Gasteiger partial charge in [0.25, 0.3) is 5.91 Å². The van der Waals surface area contributed by atoms with Gasteiger partial charge in [0.05, 0.1) is 6.04 Å². The van der Waals surface area contributed by atoms with Crippen LogP contribution in [0.3, 0.4) is 0 Å². The normalized spacial score (nSPS) is 22.9. The first-order valence-corrected chi connectivity index (χ1v) is 5.71. The Morgan fingerprint density at radius 3 is 2.59 bits per heavy atom. The van der Waals surface area contributed by atoms with Gasteiger partial charge in [-0.3, -0.25) is 19.3 Å². The second-order valence-electron chi connectivity index (χ2n) is 4.66. The number of nitrogens with one attached hydrogen (secondary N) is 1. The third-order valence-electron chi connectivity index (χ3n) is 2.99. The van der Waals surface area contributed by atoms with Crippen LogP contribution in [0.2, 0.25) is 0 Å².